The summed E-state index contributed by atoms with van der Waals surface area (Å²) in [5, 5.41) is 11.4. The fraction of sp³-hybridized carbons (Fsp3) is 0.800. The van der Waals surface area contributed by atoms with Gasteiger partial charge in [-0.3, -0.25) is 0 Å². The van der Waals surface area contributed by atoms with Crippen molar-refractivity contribution in [1.82, 2.24) is 15.2 Å². The number of hydrogen-bond donors (Lipinski definition) is 1. The van der Waals surface area contributed by atoms with Gasteiger partial charge < -0.3 is 24.4 Å². The molecule has 0 bridgehead atoms. The van der Waals surface area contributed by atoms with Crippen molar-refractivity contribution in [2.24, 2.45) is 0 Å². The Morgan fingerprint density at radius 2 is 2.04 bits per heavy atom. The standard InChI is InChI=1S/C15H23N5O3/c1-2-12(21-7-1)10-16-14-18-13(11-17-19-14)20-5-3-15(4-6-20)22-8-9-23-15/h11-12H,1-10H2,(H,16,18,19). The van der Waals surface area contributed by atoms with Gasteiger partial charge in [0.2, 0.25) is 5.95 Å². The summed E-state index contributed by atoms with van der Waals surface area (Å²) in [6.45, 7) is 4.69. The lowest BCUT2D eigenvalue weighted by Crippen LogP contribution is -2.45. The van der Waals surface area contributed by atoms with E-state index in [2.05, 4.69) is 25.4 Å². The highest BCUT2D eigenvalue weighted by atomic mass is 16.7. The maximum Gasteiger partial charge on any atom is 0.244 e. The van der Waals surface area contributed by atoms with Crippen LogP contribution in [0.3, 0.4) is 0 Å². The molecule has 0 aromatic carbocycles. The quantitative estimate of drug-likeness (QED) is 0.872. The van der Waals surface area contributed by atoms with E-state index in [9.17, 15) is 0 Å². The monoisotopic (exact) mass is 321 g/mol. The molecule has 4 heterocycles. The summed E-state index contributed by atoms with van der Waals surface area (Å²) in [5.41, 5.74) is 0. The predicted octanol–water partition coefficient (Wildman–Crippen LogP) is 0.806. The average Bonchev–Trinajstić information content (AvgIpc) is 3.26. The molecule has 1 spiro atoms. The second kappa shape index (κ2) is 6.54. The molecule has 0 saturated carbocycles. The lowest BCUT2D eigenvalue weighted by atomic mass is 10.0. The van der Waals surface area contributed by atoms with E-state index < -0.39 is 0 Å². The highest BCUT2D eigenvalue weighted by Gasteiger charge is 2.40. The van der Waals surface area contributed by atoms with Crippen molar-refractivity contribution in [1.29, 1.82) is 0 Å². The molecule has 1 N–H and O–H groups in total. The zero-order valence-electron chi connectivity index (χ0n) is 13.2. The Kier molecular flexibility index (Phi) is 4.28. The van der Waals surface area contributed by atoms with Gasteiger partial charge in [0.05, 0.1) is 25.5 Å². The van der Waals surface area contributed by atoms with Crippen molar-refractivity contribution in [3.8, 4) is 0 Å². The van der Waals surface area contributed by atoms with E-state index in [0.29, 0.717) is 19.2 Å². The molecule has 126 valence electrons. The molecule has 3 saturated heterocycles. The summed E-state index contributed by atoms with van der Waals surface area (Å²) in [5.74, 6) is 1.05. The van der Waals surface area contributed by atoms with Gasteiger partial charge in [0.25, 0.3) is 0 Å². The second-order valence-electron chi connectivity index (χ2n) is 6.25. The summed E-state index contributed by atoms with van der Waals surface area (Å²) >= 11 is 0. The van der Waals surface area contributed by atoms with Crippen molar-refractivity contribution in [3.05, 3.63) is 6.20 Å². The van der Waals surface area contributed by atoms with Gasteiger partial charge in [0.15, 0.2) is 11.6 Å². The van der Waals surface area contributed by atoms with Crippen LogP contribution >= 0.6 is 0 Å². The number of hydrogen-bond acceptors (Lipinski definition) is 8. The van der Waals surface area contributed by atoms with Gasteiger partial charge in [-0.2, -0.15) is 10.1 Å². The van der Waals surface area contributed by atoms with E-state index in [1.807, 2.05) is 0 Å². The molecule has 0 aliphatic carbocycles. The zero-order chi connectivity index (χ0) is 15.5. The topological polar surface area (TPSA) is 81.6 Å². The van der Waals surface area contributed by atoms with Crippen LogP contribution < -0.4 is 10.2 Å². The van der Waals surface area contributed by atoms with Crippen LogP contribution in [0, 0.1) is 0 Å². The number of ether oxygens (including phenoxy) is 3. The summed E-state index contributed by atoms with van der Waals surface area (Å²) in [7, 11) is 0. The molecule has 4 rings (SSSR count). The van der Waals surface area contributed by atoms with Gasteiger partial charge in [-0.05, 0) is 12.8 Å². The van der Waals surface area contributed by atoms with E-state index in [4.69, 9.17) is 14.2 Å². The molecular formula is C15H23N5O3. The summed E-state index contributed by atoms with van der Waals surface area (Å²) < 4.78 is 17.1. The minimum absolute atomic E-state index is 0.258. The van der Waals surface area contributed by atoms with Crippen LogP contribution in [0.1, 0.15) is 25.7 Å². The van der Waals surface area contributed by atoms with Crippen molar-refractivity contribution in [2.75, 3.05) is 49.7 Å². The lowest BCUT2D eigenvalue weighted by Gasteiger charge is -2.37. The maximum atomic E-state index is 5.76. The van der Waals surface area contributed by atoms with E-state index in [1.54, 1.807) is 6.20 Å². The fourth-order valence-electron chi connectivity index (χ4n) is 3.39. The van der Waals surface area contributed by atoms with Crippen molar-refractivity contribution in [2.45, 2.75) is 37.6 Å². The number of anilines is 2. The normalized spacial score (nSPS) is 26.8. The average molecular weight is 321 g/mol. The molecule has 1 atom stereocenters. The summed E-state index contributed by atoms with van der Waals surface area (Å²) in [4.78, 5) is 6.79. The summed E-state index contributed by atoms with van der Waals surface area (Å²) in [6, 6.07) is 0. The van der Waals surface area contributed by atoms with E-state index in [0.717, 1.165) is 57.7 Å². The summed E-state index contributed by atoms with van der Waals surface area (Å²) in [6.07, 6.45) is 5.91. The van der Waals surface area contributed by atoms with Gasteiger partial charge in [0.1, 0.15) is 0 Å². The molecule has 3 fully saturated rings. The predicted molar refractivity (Wildman–Crippen MR) is 83.4 cm³/mol. The van der Waals surface area contributed by atoms with Gasteiger partial charge in [-0.1, -0.05) is 0 Å². The minimum Gasteiger partial charge on any atom is -0.376 e. The first kappa shape index (κ1) is 15.0. The van der Waals surface area contributed by atoms with Crippen molar-refractivity contribution < 1.29 is 14.2 Å². The van der Waals surface area contributed by atoms with E-state index in [-0.39, 0.29) is 11.9 Å². The molecule has 8 heteroatoms. The molecular weight excluding hydrogens is 298 g/mol. The molecule has 1 aromatic heterocycles. The SMILES string of the molecule is c1nnc(NCC2CCCO2)nc1N1CCC2(CC1)OCCO2. The number of aromatic nitrogens is 3. The largest absolute Gasteiger partial charge is 0.376 e. The van der Waals surface area contributed by atoms with Crippen LogP contribution in [-0.4, -0.2) is 66.5 Å². The first-order valence-electron chi connectivity index (χ1n) is 8.41. The molecule has 1 unspecified atom stereocenters. The van der Waals surface area contributed by atoms with Gasteiger partial charge in [-0.25, -0.2) is 0 Å². The van der Waals surface area contributed by atoms with Crippen molar-refractivity contribution >= 4 is 11.8 Å². The highest BCUT2D eigenvalue weighted by Crippen LogP contribution is 2.32. The third-order valence-corrected chi connectivity index (χ3v) is 4.72. The highest BCUT2D eigenvalue weighted by molar-refractivity contribution is 5.40. The van der Waals surface area contributed by atoms with Gasteiger partial charge in [0, 0.05) is 39.1 Å². The Balaban J connectivity index is 1.34. The number of rotatable bonds is 4. The molecule has 23 heavy (non-hydrogen) atoms. The van der Waals surface area contributed by atoms with Gasteiger partial charge >= 0.3 is 0 Å². The van der Waals surface area contributed by atoms with Crippen LogP contribution in [-0.2, 0) is 14.2 Å². The molecule has 8 nitrogen and oxygen atoms in total. The van der Waals surface area contributed by atoms with Crippen LogP contribution in [0.25, 0.3) is 0 Å². The molecule has 1 aromatic rings. The number of piperidine rings is 1. The Morgan fingerprint density at radius 3 is 2.78 bits per heavy atom. The molecule has 0 amide bonds. The van der Waals surface area contributed by atoms with Crippen LogP contribution in [0.2, 0.25) is 0 Å². The molecule has 0 radical (unpaired) electrons. The number of nitrogens with one attached hydrogen (secondary N) is 1. The van der Waals surface area contributed by atoms with E-state index >= 15 is 0 Å². The molecule has 3 aliphatic rings. The first-order valence-corrected chi connectivity index (χ1v) is 8.41. The van der Waals surface area contributed by atoms with Crippen LogP contribution in [0.5, 0.6) is 0 Å². The van der Waals surface area contributed by atoms with Gasteiger partial charge in [-0.15, -0.1) is 5.10 Å². The Labute approximate surface area is 135 Å². The Bertz CT molecular complexity index is 522. The lowest BCUT2D eigenvalue weighted by molar-refractivity contribution is -0.169. The minimum atomic E-state index is -0.363. The zero-order valence-corrected chi connectivity index (χ0v) is 13.2. The van der Waals surface area contributed by atoms with E-state index in [1.165, 1.54) is 0 Å². The van der Waals surface area contributed by atoms with Crippen LogP contribution in [0.15, 0.2) is 6.20 Å². The third-order valence-electron chi connectivity index (χ3n) is 4.72. The Morgan fingerprint density at radius 1 is 1.22 bits per heavy atom. The smallest absolute Gasteiger partial charge is 0.244 e. The first-order chi connectivity index (χ1) is 11.3. The second-order valence-corrected chi connectivity index (χ2v) is 6.25. The van der Waals surface area contributed by atoms with Crippen LogP contribution in [0.4, 0.5) is 11.8 Å². The maximum absolute atomic E-state index is 5.76. The number of nitrogens with zero attached hydrogens (tertiary/aromatic N) is 4. The third kappa shape index (κ3) is 3.39. The Hall–Kier alpha value is -1.51. The molecule has 3 aliphatic heterocycles. The fourth-order valence-corrected chi connectivity index (χ4v) is 3.39. The van der Waals surface area contributed by atoms with Crippen molar-refractivity contribution in [3.63, 3.8) is 0 Å².